The Labute approximate surface area is 89.4 Å². The summed E-state index contributed by atoms with van der Waals surface area (Å²) in [7, 11) is -2.00. The Morgan fingerprint density at radius 1 is 1.69 bits per heavy atom. The summed E-state index contributed by atoms with van der Waals surface area (Å²) in [6.45, 7) is 4.02. The van der Waals surface area contributed by atoms with Crippen molar-refractivity contribution in [2.75, 3.05) is 0 Å². The molecule has 0 saturated carbocycles. The molecule has 13 heavy (non-hydrogen) atoms. The van der Waals surface area contributed by atoms with Crippen LogP contribution in [-0.4, -0.2) is 24.5 Å². The summed E-state index contributed by atoms with van der Waals surface area (Å²) in [6, 6.07) is 0. The van der Waals surface area contributed by atoms with Crippen LogP contribution in [0.4, 0.5) is 0 Å². The number of carbonyl (C=O) groups is 1. The molecule has 0 aliphatic heterocycles. The predicted molar refractivity (Wildman–Crippen MR) is 58.7 cm³/mol. The van der Waals surface area contributed by atoms with Crippen LogP contribution in [0.5, 0.6) is 0 Å². The number of halogens is 2. The Kier molecular flexibility index (Phi) is 3.10. The fraction of sp³-hybridized carbons (Fsp3) is 0.625. The Bertz CT molecular complexity index is 244. The van der Waals surface area contributed by atoms with E-state index in [1.807, 2.05) is 25.2 Å². The minimum absolute atomic E-state index is 0.178. The van der Waals surface area contributed by atoms with Crippen LogP contribution < -0.4 is 4.98 Å². The highest BCUT2D eigenvalue weighted by Gasteiger charge is 2.51. The van der Waals surface area contributed by atoms with Gasteiger partial charge < -0.3 is 4.98 Å². The fourth-order valence-corrected chi connectivity index (χ4v) is 4.78. The summed E-state index contributed by atoms with van der Waals surface area (Å²) < 4.78 is -0.477. The van der Waals surface area contributed by atoms with E-state index < -0.39 is 12.7 Å². The van der Waals surface area contributed by atoms with Crippen molar-refractivity contribution in [2.24, 2.45) is 0 Å². The summed E-state index contributed by atoms with van der Waals surface area (Å²) in [4.78, 5) is 13.3. The molecular formula is C8H13Cl2NOSi. The van der Waals surface area contributed by atoms with Crippen LogP contribution in [-0.2, 0) is 4.79 Å². The van der Waals surface area contributed by atoms with Crippen molar-refractivity contribution < 1.29 is 4.79 Å². The number of allylic oxidation sites excluding steroid dienone is 2. The number of carbonyl (C=O) groups excluding carboxylic acids is 1. The summed E-state index contributed by atoms with van der Waals surface area (Å²) >= 11 is 12.5. The number of alkyl halides is 2. The molecular weight excluding hydrogens is 225 g/mol. The van der Waals surface area contributed by atoms with Gasteiger partial charge in [0, 0.05) is 0 Å². The summed E-state index contributed by atoms with van der Waals surface area (Å²) in [6.07, 6.45) is 5.34. The summed E-state index contributed by atoms with van der Waals surface area (Å²) in [5, 5.41) is -0.178. The molecule has 2 unspecified atom stereocenters. The van der Waals surface area contributed by atoms with E-state index in [0.29, 0.717) is 0 Å². The lowest BCUT2D eigenvalue weighted by Gasteiger charge is -2.38. The van der Waals surface area contributed by atoms with Gasteiger partial charge in [-0.15, -0.1) is 23.2 Å². The molecule has 0 radical (unpaired) electrons. The Hall–Kier alpha value is 0.00688. The molecule has 1 amide bonds. The first-order valence-electron chi connectivity index (χ1n) is 4.15. The highest BCUT2D eigenvalue weighted by molar-refractivity contribution is 6.87. The quantitative estimate of drug-likeness (QED) is 0.346. The molecule has 0 aromatic carbocycles. The second-order valence-corrected chi connectivity index (χ2v) is 9.68. The van der Waals surface area contributed by atoms with Crippen molar-refractivity contribution in [1.29, 1.82) is 0 Å². The van der Waals surface area contributed by atoms with Crippen molar-refractivity contribution in [3.05, 3.63) is 12.2 Å². The van der Waals surface area contributed by atoms with E-state index >= 15 is 0 Å². The molecule has 74 valence electrons. The van der Waals surface area contributed by atoms with E-state index in [1.54, 1.807) is 0 Å². The van der Waals surface area contributed by atoms with E-state index in [4.69, 9.17) is 23.2 Å². The van der Waals surface area contributed by atoms with E-state index in [0.717, 1.165) is 12.8 Å². The lowest BCUT2D eigenvalue weighted by molar-refractivity contribution is -0.108. The van der Waals surface area contributed by atoms with Crippen molar-refractivity contribution in [3.8, 4) is 0 Å². The second kappa shape index (κ2) is 3.63. The van der Waals surface area contributed by atoms with Gasteiger partial charge in [-0.05, 0) is 6.42 Å². The normalized spacial score (nSPS) is 33.4. The van der Waals surface area contributed by atoms with E-state index in [1.165, 1.54) is 0 Å². The number of hydrogen-bond donors (Lipinski definition) is 1. The van der Waals surface area contributed by atoms with Gasteiger partial charge in [-0.25, -0.2) is 0 Å². The van der Waals surface area contributed by atoms with Crippen LogP contribution in [0, 0.1) is 0 Å². The van der Waals surface area contributed by atoms with Gasteiger partial charge in [-0.1, -0.05) is 25.2 Å². The third kappa shape index (κ3) is 1.78. The van der Waals surface area contributed by atoms with Crippen LogP contribution in [0.3, 0.4) is 0 Å². The summed E-state index contributed by atoms with van der Waals surface area (Å²) in [5.74, 6) is 0. The first-order chi connectivity index (χ1) is 5.94. The standard InChI is InChI=1S/C8H13Cl2NOSi/c1-13(2,11-6-12)8(10)5-3-4-7(8)9/h3-4,6-7H,5H2,1-2H3,(H,11,12). The summed E-state index contributed by atoms with van der Waals surface area (Å²) in [5.41, 5.74) is 0. The van der Waals surface area contributed by atoms with Gasteiger partial charge in [0.25, 0.3) is 0 Å². The van der Waals surface area contributed by atoms with Gasteiger partial charge in [-0.3, -0.25) is 4.79 Å². The molecule has 1 N–H and O–H groups in total. The van der Waals surface area contributed by atoms with Crippen LogP contribution in [0.15, 0.2) is 12.2 Å². The average molecular weight is 238 g/mol. The van der Waals surface area contributed by atoms with Gasteiger partial charge in [0.1, 0.15) is 0 Å². The molecule has 0 heterocycles. The molecule has 0 aromatic rings. The average Bonchev–Trinajstić information content (AvgIpc) is 2.34. The van der Waals surface area contributed by atoms with Crippen LogP contribution in [0.1, 0.15) is 6.42 Å². The highest BCUT2D eigenvalue weighted by atomic mass is 35.5. The Morgan fingerprint density at radius 3 is 2.69 bits per heavy atom. The highest BCUT2D eigenvalue weighted by Crippen LogP contribution is 2.41. The molecule has 1 aliphatic carbocycles. The number of hydrogen-bond acceptors (Lipinski definition) is 1. The zero-order valence-corrected chi connectivity index (χ0v) is 10.2. The lowest BCUT2D eigenvalue weighted by Crippen LogP contribution is -2.63. The molecule has 0 aromatic heterocycles. The molecule has 1 aliphatic rings. The number of nitrogens with one attached hydrogen (secondary N) is 1. The zero-order chi connectivity index (χ0) is 10.1. The smallest absolute Gasteiger partial charge is 0.199 e. The number of rotatable bonds is 3. The topological polar surface area (TPSA) is 29.1 Å². The monoisotopic (exact) mass is 237 g/mol. The lowest BCUT2D eigenvalue weighted by atomic mass is 10.3. The molecule has 5 heteroatoms. The van der Waals surface area contributed by atoms with Gasteiger partial charge in [-0.2, -0.15) is 0 Å². The maximum Gasteiger partial charge on any atom is 0.199 e. The van der Waals surface area contributed by atoms with E-state index in [-0.39, 0.29) is 5.38 Å². The molecule has 0 fully saturated rings. The second-order valence-electron chi connectivity index (χ2n) is 3.78. The Balaban J connectivity index is 2.85. The maximum atomic E-state index is 10.4. The van der Waals surface area contributed by atoms with Crippen molar-refractivity contribution in [3.63, 3.8) is 0 Å². The molecule has 0 saturated heterocycles. The van der Waals surface area contributed by atoms with Gasteiger partial charge in [0.2, 0.25) is 0 Å². The van der Waals surface area contributed by atoms with E-state index in [9.17, 15) is 4.79 Å². The molecule has 1 rings (SSSR count). The SMILES string of the molecule is C[Si](C)(NC=O)C1(Cl)CC=CC1Cl. The Morgan fingerprint density at radius 2 is 2.31 bits per heavy atom. The minimum atomic E-state index is -2.00. The zero-order valence-electron chi connectivity index (χ0n) is 7.68. The largest absolute Gasteiger partial charge is 0.383 e. The fourth-order valence-electron chi connectivity index (χ4n) is 1.49. The molecule has 2 atom stereocenters. The van der Waals surface area contributed by atoms with Gasteiger partial charge >= 0.3 is 0 Å². The third-order valence-corrected chi connectivity index (χ3v) is 8.67. The van der Waals surface area contributed by atoms with Crippen LogP contribution >= 0.6 is 23.2 Å². The van der Waals surface area contributed by atoms with Crippen molar-refractivity contribution >= 4 is 37.8 Å². The van der Waals surface area contributed by atoms with Gasteiger partial charge in [0.05, 0.1) is 9.87 Å². The minimum Gasteiger partial charge on any atom is -0.383 e. The van der Waals surface area contributed by atoms with Crippen molar-refractivity contribution in [2.45, 2.75) is 29.4 Å². The molecule has 0 spiro atoms. The van der Waals surface area contributed by atoms with E-state index in [2.05, 4.69) is 4.98 Å². The molecule has 2 nitrogen and oxygen atoms in total. The van der Waals surface area contributed by atoms with Crippen LogP contribution in [0.25, 0.3) is 0 Å². The number of amides is 1. The predicted octanol–water partition coefficient (Wildman–Crippen LogP) is 2.02. The maximum absolute atomic E-state index is 10.4. The first-order valence-corrected chi connectivity index (χ1v) is 7.96. The molecule has 0 bridgehead atoms. The van der Waals surface area contributed by atoms with Crippen molar-refractivity contribution in [1.82, 2.24) is 4.98 Å². The van der Waals surface area contributed by atoms with Gasteiger partial charge in [0.15, 0.2) is 14.6 Å². The first kappa shape index (κ1) is 11.1. The van der Waals surface area contributed by atoms with Crippen LogP contribution in [0.2, 0.25) is 13.1 Å². The third-order valence-electron chi connectivity index (χ3n) is 2.62.